The van der Waals surface area contributed by atoms with Crippen LogP contribution in [0.4, 0.5) is 21.2 Å². The SMILES string of the molecule is C[C@H]1[C@H]([Si](C)(C)F)[C@@H](CC(=O)N2CCC[C@H]2CO)O[C@]12C(=O)N(Cc1ccc(NC(=O)[C@H]3O[C@@H](O)[C@H](O)[C@@H](O)[C@@H]3O)cc1)c1ccc([N+](=O)[O-])cc12. The van der Waals surface area contributed by atoms with Gasteiger partial charge in [0.1, 0.15) is 18.3 Å². The average Bonchev–Trinajstić information content (AvgIpc) is 3.76. The summed E-state index contributed by atoms with van der Waals surface area (Å²) in [7, 11) is -3.65. The number of hydrogen-bond acceptors (Lipinski definition) is 12. The van der Waals surface area contributed by atoms with E-state index >= 15 is 4.11 Å². The third-order valence-electron chi connectivity index (χ3n) is 10.8. The van der Waals surface area contributed by atoms with Crippen LogP contribution in [0.1, 0.15) is 37.3 Å². The van der Waals surface area contributed by atoms with Crippen LogP contribution in [0.25, 0.3) is 0 Å². The second-order valence-corrected chi connectivity index (χ2v) is 18.3. The topological polar surface area (TPSA) is 232 Å². The summed E-state index contributed by atoms with van der Waals surface area (Å²) in [5.41, 5.74) is -1.62. The molecule has 0 aliphatic carbocycles. The number of nitrogens with zero attached hydrogens (tertiary/aromatic N) is 3. The van der Waals surface area contributed by atoms with Gasteiger partial charge in [-0.1, -0.05) is 19.1 Å². The number of rotatable bonds is 9. The Balaban J connectivity index is 1.27. The molecule has 0 saturated carbocycles. The quantitative estimate of drug-likeness (QED) is 0.0915. The largest absolute Gasteiger partial charge is 0.394 e. The fourth-order valence-corrected chi connectivity index (χ4v) is 10.8. The molecule has 0 unspecified atom stereocenters. The van der Waals surface area contributed by atoms with E-state index in [-0.39, 0.29) is 48.5 Å². The van der Waals surface area contributed by atoms with E-state index in [9.17, 15) is 50.0 Å². The molecule has 0 bridgehead atoms. The zero-order valence-corrected chi connectivity index (χ0v) is 29.8. The standard InChI is InChI=1S/C34H43FN4O12Si/c1-17-30(52(2,3)35)24(14-25(41)37-12-4-5-21(37)16-40)51-34(17)22-13-20(39(48)49)10-11-23(22)38(33(34)47)15-18-6-8-19(9-7-18)36-31(45)29-27(43)26(42)28(44)32(46)50-29/h6-11,13,17,21,24,26-30,32,40,42-44,46H,4-5,12,14-16H2,1-3H3,(H,36,45)/t17-,21-,24+,26-,27-,28+,29-,30-,32+,34+/m0/s1. The van der Waals surface area contributed by atoms with Crippen LogP contribution in [0.2, 0.25) is 18.6 Å². The van der Waals surface area contributed by atoms with Crippen molar-refractivity contribution in [2.24, 2.45) is 5.92 Å². The summed E-state index contributed by atoms with van der Waals surface area (Å²) in [5, 5.41) is 63.8. The molecule has 4 aliphatic heterocycles. The highest BCUT2D eigenvalue weighted by Gasteiger charge is 2.67. The van der Waals surface area contributed by atoms with Gasteiger partial charge in [-0.15, -0.1) is 0 Å². The Morgan fingerprint density at radius 1 is 1.10 bits per heavy atom. The molecule has 0 radical (unpaired) electrons. The molecule has 0 aromatic heterocycles. The van der Waals surface area contributed by atoms with Crippen molar-refractivity contribution in [3.63, 3.8) is 0 Å². The van der Waals surface area contributed by atoms with Crippen molar-refractivity contribution in [1.82, 2.24) is 4.90 Å². The highest BCUT2D eigenvalue weighted by atomic mass is 28.4. The van der Waals surface area contributed by atoms with Crippen molar-refractivity contribution in [2.45, 2.75) is 99.8 Å². The fraction of sp³-hybridized carbons (Fsp3) is 0.559. The Morgan fingerprint density at radius 3 is 2.42 bits per heavy atom. The molecule has 10 atom stereocenters. The number of fused-ring (bicyclic) bond motifs is 2. The van der Waals surface area contributed by atoms with Gasteiger partial charge >= 0.3 is 0 Å². The number of ether oxygens (including phenoxy) is 2. The highest BCUT2D eigenvalue weighted by Crippen LogP contribution is 2.60. The molecule has 4 aliphatic rings. The van der Waals surface area contributed by atoms with Gasteiger partial charge in [0.2, 0.25) is 14.3 Å². The minimum absolute atomic E-state index is 0.0485. The second-order valence-electron chi connectivity index (χ2n) is 14.5. The smallest absolute Gasteiger partial charge is 0.269 e. The summed E-state index contributed by atoms with van der Waals surface area (Å²) in [6.07, 6.45) is -8.92. The van der Waals surface area contributed by atoms with E-state index in [1.807, 2.05) is 0 Å². The van der Waals surface area contributed by atoms with Gasteiger partial charge < -0.3 is 54.2 Å². The molecule has 282 valence electrons. The van der Waals surface area contributed by atoms with E-state index in [1.165, 1.54) is 48.3 Å². The maximum Gasteiger partial charge on any atom is 0.269 e. The van der Waals surface area contributed by atoms with Crippen molar-refractivity contribution in [1.29, 1.82) is 0 Å². The average molecular weight is 747 g/mol. The Kier molecular flexibility index (Phi) is 10.3. The number of nitro benzene ring substituents is 1. The molecule has 2 aromatic rings. The number of nitro groups is 1. The maximum atomic E-state index is 16.3. The lowest BCUT2D eigenvalue weighted by molar-refractivity contribution is -0.385. The number of aliphatic hydroxyl groups excluding tert-OH is 5. The summed E-state index contributed by atoms with van der Waals surface area (Å²) in [5.74, 6) is -2.60. The third kappa shape index (κ3) is 6.51. The molecule has 4 heterocycles. The van der Waals surface area contributed by atoms with Crippen LogP contribution in [0.15, 0.2) is 42.5 Å². The maximum absolute atomic E-state index is 16.3. The number of carbonyl (C=O) groups excluding carboxylic acids is 3. The third-order valence-corrected chi connectivity index (χ3v) is 13.3. The summed E-state index contributed by atoms with van der Waals surface area (Å²) < 4.78 is 27.8. The van der Waals surface area contributed by atoms with Crippen molar-refractivity contribution in [3.05, 3.63) is 63.7 Å². The molecule has 6 rings (SSSR count). The molecular weight excluding hydrogens is 703 g/mol. The number of carbonyl (C=O) groups is 3. The van der Waals surface area contributed by atoms with Crippen LogP contribution in [0.3, 0.4) is 0 Å². The van der Waals surface area contributed by atoms with Crippen LogP contribution in [0, 0.1) is 16.0 Å². The van der Waals surface area contributed by atoms with Gasteiger partial charge in [0.05, 0.1) is 42.3 Å². The summed E-state index contributed by atoms with van der Waals surface area (Å²) in [4.78, 5) is 55.3. The van der Waals surface area contributed by atoms with E-state index in [1.54, 1.807) is 24.0 Å². The number of halogens is 1. The molecule has 16 nitrogen and oxygen atoms in total. The minimum atomic E-state index is -3.65. The molecule has 18 heteroatoms. The van der Waals surface area contributed by atoms with Crippen molar-refractivity contribution >= 4 is 43.2 Å². The molecule has 52 heavy (non-hydrogen) atoms. The van der Waals surface area contributed by atoms with Crippen molar-refractivity contribution in [2.75, 3.05) is 23.4 Å². The monoisotopic (exact) mass is 746 g/mol. The minimum Gasteiger partial charge on any atom is -0.394 e. The first-order valence-electron chi connectivity index (χ1n) is 17.1. The molecule has 2 aromatic carbocycles. The van der Waals surface area contributed by atoms with E-state index < -0.39 is 79.0 Å². The number of anilines is 2. The van der Waals surface area contributed by atoms with Crippen LogP contribution in [-0.4, -0.2) is 117 Å². The Labute approximate surface area is 299 Å². The molecule has 1 spiro atoms. The van der Waals surface area contributed by atoms with E-state index in [0.717, 1.165) is 0 Å². The van der Waals surface area contributed by atoms with Crippen molar-refractivity contribution < 1.29 is 58.4 Å². The molecule has 6 N–H and O–H groups in total. The van der Waals surface area contributed by atoms with E-state index in [4.69, 9.17) is 9.47 Å². The predicted molar refractivity (Wildman–Crippen MR) is 183 cm³/mol. The molecular formula is C34H43FN4O12Si. The number of aliphatic hydroxyl groups is 5. The Hall–Kier alpha value is -3.88. The summed E-state index contributed by atoms with van der Waals surface area (Å²) in [6.45, 7) is 4.84. The van der Waals surface area contributed by atoms with Crippen molar-refractivity contribution in [3.8, 4) is 0 Å². The van der Waals surface area contributed by atoms with Crippen LogP contribution in [-0.2, 0) is 36.0 Å². The molecule has 3 saturated heterocycles. The van der Waals surface area contributed by atoms with Gasteiger partial charge in [-0.05, 0) is 49.7 Å². The number of non-ortho nitro benzene ring substituents is 1. The van der Waals surface area contributed by atoms with Gasteiger partial charge in [-0.25, -0.2) is 0 Å². The second kappa shape index (κ2) is 14.2. The Morgan fingerprint density at radius 2 is 1.79 bits per heavy atom. The van der Waals surface area contributed by atoms with E-state index in [0.29, 0.717) is 30.6 Å². The first kappa shape index (κ1) is 37.9. The Bertz CT molecular complexity index is 1730. The van der Waals surface area contributed by atoms with Gasteiger partial charge in [0.25, 0.3) is 17.5 Å². The number of amides is 3. The summed E-state index contributed by atoms with van der Waals surface area (Å²) in [6, 6.07) is 9.81. The van der Waals surface area contributed by atoms with Crippen LogP contribution >= 0.6 is 0 Å². The lowest BCUT2D eigenvalue weighted by Gasteiger charge is -2.37. The summed E-state index contributed by atoms with van der Waals surface area (Å²) >= 11 is 0. The number of hydrogen-bond donors (Lipinski definition) is 6. The van der Waals surface area contributed by atoms with Gasteiger partial charge in [-0.2, -0.15) is 0 Å². The lowest BCUT2D eigenvalue weighted by Crippen LogP contribution is -2.60. The number of likely N-dealkylation sites (tertiary alicyclic amines) is 1. The highest BCUT2D eigenvalue weighted by molar-refractivity contribution is 6.72. The lowest BCUT2D eigenvalue weighted by atomic mass is 9.82. The van der Waals surface area contributed by atoms with Gasteiger partial charge in [0.15, 0.2) is 18.0 Å². The zero-order valence-electron chi connectivity index (χ0n) is 28.8. The molecule has 3 fully saturated rings. The van der Waals surface area contributed by atoms with Crippen LogP contribution in [0.5, 0.6) is 0 Å². The predicted octanol–water partition coefficient (Wildman–Crippen LogP) is 1.03. The van der Waals surface area contributed by atoms with Gasteiger partial charge in [0, 0.05) is 41.4 Å². The normalized spacial score (nSPS) is 33.1. The number of benzene rings is 2. The first-order valence-corrected chi connectivity index (χ1v) is 20.1. The zero-order chi connectivity index (χ0) is 37.9. The fourth-order valence-electron chi connectivity index (χ4n) is 8.32. The van der Waals surface area contributed by atoms with E-state index in [2.05, 4.69) is 5.32 Å². The molecule has 3 amide bonds. The first-order chi connectivity index (χ1) is 24.5. The van der Waals surface area contributed by atoms with Crippen LogP contribution < -0.4 is 10.2 Å². The number of nitrogens with one attached hydrogen (secondary N) is 1. The van der Waals surface area contributed by atoms with Gasteiger partial charge in [-0.3, -0.25) is 24.5 Å².